The first kappa shape index (κ1) is 14.5. The van der Waals surface area contributed by atoms with Crippen LogP contribution in [0.4, 0.5) is 10.2 Å². The van der Waals surface area contributed by atoms with Crippen molar-refractivity contribution in [2.24, 2.45) is 0 Å². The van der Waals surface area contributed by atoms with E-state index in [0.29, 0.717) is 17.2 Å². The van der Waals surface area contributed by atoms with Crippen molar-refractivity contribution in [3.8, 4) is 5.82 Å². The van der Waals surface area contributed by atoms with Crippen molar-refractivity contribution in [2.75, 3.05) is 5.32 Å². The summed E-state index contributed by atoms with van der Waals surface area (Å²) < 4.78 is 14.2. The van der Waals surface area contributed by atoms with E-state index in [1.807, 2.05) is 0 Å². The van der Waals surface area contributed by atoms with Gasteiger partial charge in [-0.1, -0.05) is 12.1 Å². The Morgan fingerprint density at radius 3 is 2.74 bits per heavy atom. The number of amides is 1. The maximum atomic E-state index is 12.8. The molecule has 0 radical (unpaired) electrons. The summed E-state index contributed by atoms with van der Waals surface area (Å²) in [5.74, 6) is 0.125. The van der Waals surface area contributed by atoms with Crippen molar-refractivity contribution in [3.63, 3.8) is 0 Å². The number of aromatic nitrogens is 5. The fourth-order valence-electron chi connectivity index (χ4n) is 1.78. The lowest BCUT2D eigenvalue weighted by Gasteiger charge is -2.03. The smallest absolute Gasteiger partial charge is 0.249 e. The molecule has 0 bridgehead atoms. The zero-order valence-electron chi connectivity index (χ0n) is 11.8. The molecule has 0 aliphatic carbocycles. The summed E-state index contributed by atoms with van der Waals surface area (Å²) >= 11 is 0. The number of hydrogen-bond donors (Lipinski definition) is 1. The molecule has 0 atom stereocenters. The lowest BCUT2D eigenvalue weighted by Crippen LogP contribution is -2.10. The van der Waals surface area contributed by atoms with Gasteiger partial charge in [0.05, 0.1) is 0 Å². The van der Waals surface area contributed by atoms with Gasteiger partial charge in [-0.05, 0) is 23.8 Å². The van der Waals surface area contributed by atoms with Crippen LogP contribution in [0.25, 0.3) is 11.9 Å². The number of rotatable bonds is 4. The molecule has 0 spiro atoms. The van der Waals surface area contributed by atoms with Crippen molar-refractivity contribution in [3.05, 3.63) is 66.8 Å². The van der Waals surface area contributed by atoms with Gasteiger partial charge in [0.2, 0.25) is 5.91 Å². The van der Waals surface area contributed by atoms with Gasteiger partial charge in [0, 0.05) is 12.1 Å². The summed E-state index contributed by atoms with van der Waals surface area (Å²) in [6.07, 6.45) is 7.10. The molecule has 8 heteroatoms. The predicted molar refractivity (Wildman–Crippen MR) is 81.0 cm³/mol. The third kappa shape index (κ3) is 3.82. The fraction of sp³-hybridized carbons (Fsp3) is 0. The summed E-state index contributed by atoms with van der Waals surface area (Å²) in [6, 6.07) is 7.37. The molecule has 1 N–H and O–H groups in total. The molecule has 0 aliphatic rings. The molecule has 0 saturated heterocycles. The van der Waals surface area contributed by atoms with E-state index in [-0.39, 0.29) is 11.7 Å². The van der Waals surface area contributed by atoms with Crippen molar-refractivity contribution in [1.82, 2.24) is 24.7 Å². The zero-order valence-corrected chi connectivity index (χ0v) is 11.8. The average molecular weight is 310 g/mol. The number of nitrogens with one attached hydrogen (secondary N) is 1. The summed E-state index contributed by atoms with van der Waals surface area (Å²) in [4.78, 5) is 23.7. The van der Waals surface area contributed by atoms with Crippen LogP contribution in [-0.4, -0.2) is 30.6 Å². The third-order valence-electron chi connectivity index (χ3n) is 2.85. The average Bonchev–Trinajstić information content (AvgIpc) is 3.09. The first-order valence-electron chi connectivity index (χ1n) is 6.62. The van der Waals surface area contributed by atoms with Crippen molar-refractivity contribution in [2.45, 2.75) is 0 Å². The Balaban J connectivity index is 1.68. The van der Waals surface area contributed by atoms with Crippen LogP contribution in [0.2, 0.25) is 0 Å². The summed E-state index contributed by atoms with van der Waals surface area (Å²) in [6.45, 7) is 0. The van der Waals surface area contributed by atoms with Crippen molar-refractivity contribution in [1.29, 1.82) is 0 Å². The lowest BCUT2D eigenvalue weighted by atomic mass is 10.2. The van der Waals surface area contributed by atoms with Gasteiger partial charge in [-0.3, -0.25) is 4.79 Å². The Morgan fingerprint density at radius 2 is 2.00 bits per heavy atom. The number of halogens is 1. The normalized spacial score (nSPS) is 10.8. The first-order chi connectivity index (χ1) is 11.2. The molecule has 0 fully saturated rings. The minimum absolute atomic E-state index is 0.326. The van der Waals surface area contributed by atoms with Crippen molar-refractivity contribution < 1.29 is 9.18 Å². The molecule has 0 aliphatic heterocycles. The van der Waals surface area contributed by atoms with Gasteiger partial charge in [-0.15, -0.1) is 0 Å². The maximum Gasteiger partial charge on any atom is 0.249 e. The number of nitrogens with zero attached hydrogens (tertiary/aromatic N) is 5. The highest BCUT2D eigenvalue weighted by molar-refractivity contribution is 6.01. The van der Waals surface area contributed by atoms with E-state index in [1.165, 1.54) is 41.9 Å². The minimum Gasteiger partial charge on any atom is -0.307 e. The Kier molecular flexibility index (Phi) is 4.14. The predicted octanol–water partition coefficient (Wildman–Crippen LogP) is 1.85. The number of benzene rings is 1. The largest absolute Gasteiger partial charge is 0.307 e. The Morgan fingerprint density at radius 1 is 1.17 bits per heavy atom. The van der Waals surface area contributed by atoms with E-state index in [1.54, 1.807) is 24.3 Å². The quantitative estimate of drug-likeness (QED) is 0.743. The Hall–Kier alpha value is -3.42. The van der Waals surface area contributed by atoms with Crippen LogP contribution >= 0.6 is 0 Å². The SMILES string of the molecule is O=C(/C=C/c1ccc(F)cc1)Nc1cc(-n2cncn2)ncn1. The molecule has 0 saturated carbocycles. The monoisotopic (exact) mass is 310 g/mol. The van der Waals surface area contributed by atoms with Crippen LogP contribution in [-0.2, 0) is 4.79 Å². The third-order valence-corrected chi connectivity index (χ3v) is 2.85. The van der Waals surface area contributed by atoms with Crippen molar-refractivity contribution >= 4 is 17.8 Å². The summed E-state index contributed by atoms with van der Waals surface area (Å²) in [7, 11) is 0. The van der Waals surface area contributed by atoms with Crippen LogP contribution in [0.5, 0.6) is 0 Å². The van der Waals surface area contributed by atoms with Gasteiger partial charge in [0.1, 0.15) is 30.6 Å². The lowest BCUT2D eigenvalue weighted by molar-refractivity contribution is -0.111. The zero-order chi connectivity index (χ0) is 16.1. The highest BCUT2D eigenvalue weighted by atomic mass is 19.1. The van der Waals surface area contributed by atoms with Crippen LogP contribution in [0.3, 0.4) is 0 Å². The van der Waals surface area contributed by atoms with Gasteiger partial charge in [-0.25, -0.2) is 24.0 Å². The minimum atomic E-state index is -0.363. The molecular formula is C15H11FN6O. The number of anilines is 1. The molecule has 3 rings (SSSR count). The Bertz CT molecular complexity index is 829. The molecule has 23 heavy (non-hydrogen) atoms. The van der Waals surface area contributed by atoms with Gasteiger partial charge in [-0.2, -0.15) is 5.10 Å². The van der Waals surface area contributed by atoms with E-state index >= 15 is 0 Å². The number of carbonyl (C=O) groups is 1. The first-order valence-corrected chi connectivity index (χ1v) is 6.62. The second-order valence-corrected chi connectivity index (χ2v) is 4.48. The molecule has 0 unspecified atom stereocenters. The highest BCUT2D eigenvalue weighted by Gasteiger charge is 2.04. The second kappa shape index (κ2) is 6.56. The number of carbonyl (C=O) groups excluding carboxylic acids is 1. The maximum absolute atomic E-state index is 12.8. The molecular weight excluding hydrogens is 299 g/mol. The molecule has 1 amide bonds. The standard InChI is InChI=1S/C15H11FN6O/c16-12-4-1-11(2-5-12)3-6-15(23)21-13-7-14(19-9-18-13)22-10-17-8-20-22/h1-10H,(H,18,19,21,23)/b6-3+. The summed E-state index contributed by atoms with van der Waals surface area (Å²) in [5.41, 5.74) is 0.715. The van der Waals surface area contributed by atoms with E-state index in [4.69, 9.17) is 0 Å². The Labute approximate surface area is 130 Å². The molecule has 7 nitrogen and oxygen atoms in total. The molecule has 114 valence electrons. The topological polar surface area (TPSA) is 85.6 Å². The van der Waals surface area contributed by atoms with E-state index in [0.717, 1.165) is 0 Å². The van der Waals surface area contributed by atoms with E-state index < -0.39 is 0 Å². The molecule has 2 aromatic heterocycles. The van der Waals surface area contributed by atoms with Crippen LogP contribution in [0, 0.1) is 5.82 Å². The molecule has 1 aromatic carbocycles. The number of hydrogen-bond acceptors (Lipinski definition) is 5. The van der Waals surface area contributed by atoms with E-state index in [9.17, 15) is 9.18 Å². The highest BCUT2D eigenvalue weighted by Crippen LogP contribution is 2.08. The molecule has 3 aromatic rings. The van der Waals surface area contributed by atoms with Crippen LogP contribution < -0.4 is 5.32 Å². The van der Waals surface area contributed by atoms with Gasteiger partial charge in [0.25, 0.3) is 0 Å². The van der Waals surface area contributed by atoms with Crippen LogP contribution in [0.15, 0.2) is 55.4 Å². The van der Waals surface area contributed by atoms with Gasteiger partial charge < -0.3 is 5.32 Å². The molecule has 2 heterocycles. The second-order valence-electron chi connectivity index (χ2n) is 4.48. The fourth-order valence-corrected chi connectivity index (χ4v) is 1.78. The summed E-state index contributed by atoms with van der Waals surface area (Å²) in [5, 5.41) is 6.56. The van der Waals surface area contributed by atoms with Crippen LogP contribution in [0.1, 0.15) is 5.56 Å². The van der Waals surface area contributed by atoms with Gasteiger partial charge in [0.15, 0.2) is 5.82 Å². The van der Waals surface area contributed by atoms with E-state index in [2.05, 4.69) is 25.4 Å². The van der Waals surface area contributed by atoms with Gasteiger partial charge >= 0.3 is 0 Å².